The quantitative estimate of drug-likeness (QED) is 0.213. The number of rotatable bonds is 14. The molecule has 0 nitrogen and oxygen atoms in total. The Bertz CT molecular complexity index is 319. The topological polar surface area (TPSA) is 0 Å². The van der Waals surface area contributed by atoms with Gasteiger partial charge in [-0.05, 0) is 37.5 Å². The first kappa shape index (κ1) is 23.8. The molecule has 0 aromatic rings. The summed E-state index contributed by atoms with van der Waals surface area (Å²) in [5, 5.41) is 0. The van der Waals surface area contributed by atoms with Gasteiger partial charge in [-0.25, -0.2) is 0 Å². The zero-order valence-corrected chi connectivity index (χ0v) is 18.7. The van der Waals surface area contributed by atoms with Gasteiger partial charge in [0.15, 0.2) is 0 Å². The zero-order valence-electron chi connectivity index (χ0n) is 18.7. The van der Waals surface area contributed by atoms with E-state index in [1.54, 1.807) is 0 Å². The van der Waals surface area contributed by atoms with Crippen LogP contribution in [0.15, 0.2) is 12.2 Å². The van der Waals surface area contributed by atoms with E-state index in [0.29, 0.717) is 0 Å². The molecule has 0 aliphatic heterocycles. The lowest BCUT2D eigenvalue weighted by Crippen LogP contribution is -2.10. The highest BCUT2D eigenvalue weighted by Gasteiger charge is 2.16. The van der Waals surface area contributed by atoms with Crippen LogP contribution in [-0.4, -0.2) is 0 Å². The maximum Gasteiger partial charge on any atom is -0.0323 e. The summed E-state index contributed by atoms with van der Waals surface area (Å²) in [5.41, 5.74) is 1.35. The third-order valence-electron chi connectivity index (χ3n) is 6.79. The minimum absolute atomic E-state index is 0.891. The van der Waals surface area contributed by atoms with Crippen LogP contribution in [0.4, 0.5) is 0 Å². The minimum atomic E-state index is 0.891. The maximum atomic E-state index is 4.03. The number of hydrogen-bond donors (Lipinski definition) is 0. The van der Waals surface area contributed by atoms with Crippen molar-refractivity contribution in [2.75, 3.05) is 0 Å². The largest absolute Gasteiger partial charge is 0.100 e. The lowest BCUT2D eigenvalue weighted by molar-refractivity contribution is 0.286. The van der Waals surface area contributed by atoms with Crippen molar-refractivity contribution in [2.24, 2.45) is 17.8 Å². The maximum absolute atomic E-state index is 4.03. The van der Waals surface area contributed by atoms with Crippen LogP contribution in [0, 0.1) is 17.8 Å². The van der Waals surface area contributed by atoms with Crippen LogP contribution >= 0.6 is 0 Å². The molecule has 0 aromatic heterocycles. The molecule has 0 heterocycles. The van der Waals surface area contributed by atoms with Crippen LogP contribution in [0.5, 0.6) is 0 Å². The zero-order chi connectivity index (χ0) is 19.0. The lowest BCUT2D eigenvalue weighted by Gasteiger charge is -2.24. The van der Waals surface area contributed by atoms with Crippen LogP contribution < -0.4 is 0 Å². The Morgan fingerprint density at radius 3 is 1.88 bits per heavy atom. The molecule has 1 aliphatic rings. The Balaban J connectivity index is 1.99. The highest BCUT2D eigenvalue weighted by molar-refractivity contribution is 4.87. The summed E-state index contributed by atoms with van der Waals surface area (Å²) in [6, 6.07) is 0. The van der Waals surface area contributed by atoms with Gasteiger partial charge in [-0.15, -0.1) is 6.58 Å². The van der Waals surface area contributed by atoms with Crippen molar-refractivity contribution < 1.29 is 0 Å². The molecule has 0 bridgehead atoms. The number of unbranched alkanes of at least 4 members (excludes halogenated alkanes) is 5. The van der Waals surface area contributed by atoms with E-state index in [-0.39, 0.29) is 0 Å². The molecular weight excluding hydrogens is 312 g/mol. The molecule has 1 atom stereocenters. The van der Waals surface area contributed by atoms with Gasteiger partial charge in [0.05, 0.1) is 0 Å². The molecule has 1 saturated carbocycles. The molecule has 1 aliphatic carbocycles. The Morgan fingerprint density at radius 2 is 1.35 bits per heavy atom. The average Bonchev–Trinajstić information content (AvgIpc) is 2.59. The Labute approximate surface area is 166 Å². The highest BCUT2D eigenvalue weighted by atomic mass is 14.2. The first-order valence-corrected chi connectivity index (χ1v) is 12.3. The van der Waals surface area contributed by atoms with E-state index in [0.717, 1.165) is 17.8 Å². The van der Waals surface area contributed by atoms with E-state index in [9.17, 15) is 0 Å². The van der Waals surface area contributed by atoms with Crippen molar-refractivity contribution in [2.45, 2.75) is 136 Å². The van der Waals surface area contributed by atoms with Gasteiger partial charge in [-0.3, -0.25) is 0 Å². The van der Waals surface area contributed by atoms with Crippen molar-refractivity contribution in [3.05, 3.63) is 12.2 Å². The molecule has 0 amide bonds. The van der Waals surface area contributed by atoms with Crippen molar-refractivity contribution in [3.63, 3.8) is 0 Å². The van der Waals surface area contributed by atoms with Gasteiger partial charge in [-0.1, -0.05) is 122 Å². The van der Waals surface area contributed by atoms with Crippen molar-refractivity contribution in [1.82, 2.24) is 0 Å². The molecule has 1 rings (SSSR count). The summed E-state index contributed by atoms with van der Waals surface area (Å²) < 4.78 is 0. The molecule has 0 saturated heterocycles. The Morgan fingerprint density at radius 1 is 0.808 bits per heavy atom. The second-order valence-electron chi connectivity index (χ2n) is 9.68. The molecule has 154 valence electrons. The highest BCUT2D eigenvalue weighted by Crippen LogP contribution is 2.31. The van der Waals surface area contributed by atoms with Gasteiger partial charge in [0.2, 0.25) is 0 Å². The van der Waals surface area contributed by atoms with Crippen LogP contribution in [-0.2, 0) is 0 Å². The van der Waals surface area contributed by atoms with Crippen molar-refractivity contribution >= 4 is 0 Å². The van der Waals surface area contributed by atoms with Gasteiger partial charge in [-0.2, -0.15) is 0 Å². The molecule has 0 aromatic carbocycles. The smallest absolute Gasteiger partial charge is 0.0323 e. The van der Waals surface area contributed by atoms with E-state index in [1.165, 1.54) is 121 Å². The van der Waals surface area contributed by atoms with Gasteiger partial charge in [0.1, 0.15) is 0 Å². The second kappa shape index (κ2) is 15.8. The minimum Gasteiger partial charge on any atom is -0.100 e. The average molecular weight is 363 g/mol. The van der Waals surface area contributed by atoms with E-state index >= 15 is 0 Å². The van der Waals surface area contributed by atoms with E-state index < -0.39 is 0 Å². The Hall–Kier alpha value is -0.260. The summed E-state index contributed by atoms with van der Waals surface area (Å²) in [7, 11) is 0. The summed E-state index contributed by atoms with van der Waals surface area (Å²) in [5.74, 6) is 3.01. The molecule has 1 fully saturated rings. The first-order valence-electron chi connectivity index (χ1n) is 12.3. The molecule has 1 unspecified atom stereocenters. The normalized spacial score (nSPS) is 22.6. The Kier molecular flexibility index (Phi) is 14.4. The monoisotopic (exact) mass is 362 g/mol. The van der Waals surface area contributed by atoms with E-state index in [1.807, 2.05) is 0 Å². The summed E-state index contributed by atoms with van der Waals surface area (Å²) in [6.07, 6.45) is 26.4. The van der Waals surface area contributed by atoms with Gasteiger partial charge >= 0.3 is 0 Å². The summed E-state index contributed by atoms with van der Waals surface area (Å²) >= 11 is 0. The molecule has 0 N–H and O–H groups in total. The van der Waals surface area contributed by atoms with Crippen molar-refractivity contribution in [1.29, 1.82) is 0 Å². The van der Waals surface area contributed by atoms with Crippen LogP contribution in [0.3, 0.4) is 0 Å². The van der Waals surface area contributed by atoms with Gasteiger partial charge in [0, 0.05) is 0 Å². The third kappa shape index (κ3) is 13.0. The first-order chi connectivity index (χ1) is 12.6. The summed E-state index contributed by atoms with van der Waals surface area (Å²) in [6.45, 7) is 10.9. The molecular formula is C26H50. The van der Waals surface area contributed by atoms with Crippen LogP contribution in [0.1, 0.15) is 136 Å². The lowest BCUT2D eigenvalue weighted by atomic mass is 9.82. The van der Waals surface area contributed by atoms with Gasteiger partial charge < -0.3 is 0 Å². The molecule has 26 heavy (non-hydrogen) atoms. The predicted octanol–water partition coefficient (Wildman–Crippen LogP) is 9.49. The SMILES string of the molecule is C=C(C)CCC(C)CCCCCCC1CCCC(CCCCC)CCC1. The van der Waals surface area contributed by atoms with Gasteiger partial charge in [0.25, 0.3) is 0 Å². The van der Waals surface area contributed by atoms with E-state index in [2.05, 4.69) is 27.4 Å². The number of allylic oxidation sites excluding steroid dienone is 1. The fourth-order valence-corrected chi connectivity index (χ4v) is 4.86. The molecule has 0 spiro atoms. The van der Waals surface area contributed by atoms with Crippen LogP contribution in [0.25, 0.3) is 0 Å². The third-order valence-corrected chi connectivity index (χ3v) is 6.79. The fraction of sp³-hybridized carbons (Fsp3) is 0.923. The van der Waals surface area contributed by atoms with Crippen molar-refractivity contribution in [3.8, 4) is 0 Å². The fourth-order valence-electron chi connectivity index (χ4n) is 4.86. The molecule has 0 radical (unpaired) electrons. The van der Waals surface area contributed by atoms with E-state index in [4.69, 9.17) is 0 Å². The summed E-state index contributed by atoms with van der Waals surface area (Å²) in [4.78, 5) is 0. The molecule has 0 heteroatoms. The number of hydrogen-bond acceptors (Lipinski definition) is 0. The van der Waals surface area contributed by atoms with Crippen LogP contribution in [0.2, 0.25) is 0 Å². The standard InChI is InChI=1S/C26H50/c1-5-6-9-15-25-17-12-19-26(20-13-18-25)16-11-8-7-10-14-24(4)22-21-23(2)3/h24-26H,2,5-22H2,1,3-4H3. The second-order valence-corrected chi connectivity index (χ2v) is 9.68. The predicted molar refractivity (Wildman–Crippen MR) is 120 cm³/mol.